The van der Waals surface area contributed by atoms with Gasteiger partial charge in [0.15, 0.2) is 0 Å². The Morgan fingerprint density at radius 1 is 1.25 bits per heavy atom. The van der Waals surface area contributed by atoms with Crippen molar-refractivity contribution in [2.75, 3.05) is 5.32 Å². The summed E-state index contributed by atoms with van der Waals surface area (Å²) in [5.41, 5.74) is 1.13. The normalized spacial score (nSPS) is 10.1. The molecule has 0 atom stereocenters. The Bertz CT molecular complexity index is 665. The summed E-state index contributed by atoms with van der Waals surface area (Å²) in [6.45, 7) is 2.05. The number of anilines is 2. The summed E-state index contributed by atoms with van der Waals surface area (Å²) >= 11 is 12.1. The highest BCUT2D eigenvalue weighted by Crippen LogP contribution is 2.26. The smallest absolute Gasteiger partial charge is 0.135 e. The molecule has 1 aromatic carbocycles. The topological polar surface area (TPSA) is 61.6 Å². The second-order valence-corrected chi connectivity index (χ2v) is 4.97. The lowest BCUT2D eigenvalue weighted by atomic mass is 10.2. The molecule has 4 nitrogen and oxygen atoms in total. The van der Waals surface area contributed by atoms with Gasteiger partial charge in [0.1, 0.15) is 16.8 Å². The zero-order valence-electron chi connectivity index (χ0n) is 10.8. The predicted octanol–water partition coefficient (Wildman–Crippen LogP) is 4.35. The lowest BCUT2D eigenvalue weighted by Gasteiger charge is -2.09. The SMILES string of the molecule is CCCc1nc(Cl)cc(Nc2cc(C#N)ccc2Cl)n1. The van der Waals surface area contributed by atoms with E-state index in [0.717, 1.165) is 12.8 Å². The lowest BCUT2D eigenvalue weighted by Crippen LogP contribution is -2.01. The maximum absolute atomic E-state index is 8.91. The first-order valence-electron chi connectivity index (χ1n) is 6.12. The molecule has 6 heteroatoms. The van der Waals surface area contributed by atoms with Gasteiger partial charge in [-0.1, -0.05) is 30.1 Å². The number of aryl methyl sites for hydroxylation is 1. The van der Waals surface area contributed by atoms with Crippen LogP contribution < -0.4 is 5.32 Å². The Labute approximate surface area is 127 Å². The summed E-state index contributed by atoms with van der Waals surface area (Å²) in [6, 6.07) is 8.67. The number of hydrogen-bond acceptors (Lipinski definition) is 4. The average Bonchev–Trinajstić information content (AvgIpc) is 2.41. The predicted molar refractivity (Wildman–Crippen MR) is 80.5 cm³/mol. The number of nitrogens with zero attached hydrogens (tertiary/aromatic N) is 3. The molecule has 0 fully saturated rings. The molecule has 0 bridgehead atoms. The second kappa shape index (κ2) is 6.56. The molecular weight excluding hydrogens is 295 g/mol. The molecule has 0 radical (unpaired) electrons. The van der Waals surface area contributed by atoms with Crippen LogP contribution in [0.3, 0.4) is 0 Å². The van der Waals surface area contributed by atoms with Crippen molar-refractivity contribution < 1.29 is 0 Å². The van der Waals surface area contributed by atoms with E-state index in [0.29, 0.717) is 33.1 Å². The monoisotopic (exact) mass is 306 g/mol. The van der Waals surface area contributed by atoms with E-state index in [-0.39, 0.29) is 0 Å². The van der Waals surface area contributed by atoms with Crippen LogP contribution in [-0.4, -0.2) is 9.97 Å². The number of hydrogen-bond donors (Lipinski definition) is 1. The summed E-state index contributed by atoms with van der Waals surface area (Å²) < 4.78 is 0. The van der Waals surface area contributed by atoms with Crippen LogP contribution in [-0.2, 0) is 6.42 Å². The van der Waals surface area contributed by atoms with Crippen molar-refractivity contribution >= 4 is 34.7 Å². The number of rotatable bonds is 4. The molecule has 0 aliphatic heterocycles. The molecule has 0 unspecified atom stereocenters. The molecule has 2 aromatic rings. The summed E-state index contributed by atoms with van der Waals surface area (Å²) in [4.78, 5) is 8.52. The van der Waals surface area contributed by atoms with Gasteiger partial charge in [-0.3, -0.25) is 0 Å². The van der Waals surface area contributed by atoms with E-state index in [1.54, 1.807) is 24.3 Å². The van der Waals surface area contributed by atoms with E-state index in [9.17, 15) is 0 Å². The van der Waals surface area contributed by atoms with E-state index in [2.05, 4.69) is 21.4 Å². The molecule has 0 saturated carbocycles. The molecule has 1 heterocycles. The minimum atomic E-state index is 0.374. The molecule has 1 N–H and O–H groups in total. The third-order valence-corrected chi connectivity index (χ3v) is 3.10. The van der Waals surface area contributed by atoms with Crippen LogP contribution in [0.4, 0.5) is 11.5 Å². The van der Waals surface area contributed by atoms with E-state index >= 15 is 0 Å². The Hall–Kier alpha value is -1.83. The van der Waals surface area contributed by atoms with Gasteiger partial charge in [0.05, 0.1) is 22.3 Å². The quantitative estimate of drug-likeness (QED) is 0.853. The van der Waals surface area contributed by atoms with Crippen molar-refractivity contribution in [1.29, 1.82) is 5.26 Å². The standard InChI is InChI=1S/C14H12Cl2N4/c1-2-3-13-19-12(16)7-14(20-13)18-11-6-9(8-17)4-5-10(11)15/h4-7H,2-3H2,1H3,(H,18,19,20). The highest BCUT2D eigenvalue weighted by molar-refractivity contribution is 6.33. The third kappa shape index (κ3) is 3.60. The van der Waals surface area contributed by atoms with Gasteiger partial charge in [0.25, 0.3) is 0 Å². The second-order valence-electron chi connectivity index (χ2n) is 4.17. The zero-order valence-corrected chi connectivity index (χ0v) is 12.3. The summed E-state index contributed by atoms with van der Waals surface area (Å²) in [6.07, 6.45) is 1.69. The Morgan fingerprint density at radius 3 is 2.75 bits per heavy atom. The third-order valence-electron chi connectivity index (χ3n) is 2.57. The van der Waals surface area contributed by atoms with Crippen molar-refractivity contribution in [2.45, 2.75) is 19.8 Å². The Balaban J connectivity index is 2.32. The summed E-state index contributed by atoms with van der Waals surface area (Å²) in [5, 5.41) is 12.9. The van der Waals surface area contributed by atoms with Crippen molar-refractivity contribution in [3.63, 3.8) is 0 Å². The van der Waals surface area contributed by atoms with Gasteiger partial charge in [0, 0.05) is 12.5 Å². The van der Waals surface area contributed by atoms with Crippen LogP contribution in [0.1, 0.15) is 24.7 Å². The molecule has 1 aromatic heterocycles. The largest absolute Gasteiger partial charge is 0.339 e. The highest BCUT2D eigenvalue weighted by Gasteiger charge is 2.06. The molecule has 0 amide bonds. The van der Waals surface area contributed by atoms with E-state index in [1.165, 1.54) is 0 Å². The van der Waals surface area contributed by atoms with Crippen molar-refractivity contribution in [1.82, 2.24) is 9.97 Å². The maximum Gasteiger partial charge on any atom is 0.135 e. The van der Waals surface area contributed by atoms with Gasteiger partial charge in [-0.15, -0.1) is 0 Å². The first-order valence-corrected chi connectivity index (χ1v) is 6.88. The van der Waals surface area contributed by atoms with Crippen LogP contribution in [0.2, 0.25) is 10.2 Å². The first kappa shape index (κ1) is 14.6. The van der Waals surface area contributed by atoms with Gasteiger partial charge < -0.3 is 5.32 Å². The lowest BCUT2D eigenvalue weighted by molar-refractivity contribution is 0.837. The molecule has 2 rings (SSSR count). The fraction of sp³-hybridized carbons (Fsp3) is 0.214. The van der Waals surface area contributed by atoms with Gasteiger partial charge >= 0.3 is 0 Å². The molecular formula is C14H12Cl2N4. The Morgan fingerprint density at radius 2 is 2.05 bits per heavy atom. The molecule has 0 aliphatic carbocycles. The fourth-order valence-electron chi connectivity index (χ4n) is 1.69. The van der Waals surface area contributed by atoms with Gasteiger partial charge in [-0.25, -0.2) is 9.97 Å². The fourth-order valence-corrected chi connectivity index (χ4v) is 2.06. The minimum Gasteiger partial charge on any atom is -0.339 e. The number of nitrogens with one attached hydrogen (secondary N) is 1. The number of halogens is 2. The molecule has 102 valence electrons. The first-order chi connectivity index (χ1) is 9.62. The van der Waals surface area contributed by atoms with Crippen molar-refractivity contribution in [3.8, 4) is 6.07 Å². The molecule has 20 heavy (non-hydrogen) atoms. The van der Waals surface area contributed by atoms with Gasteiger partial charge in [-0.05, 0) is 24.6 Å². The van der Waals surface area contributed by atoms with Crippen LogP contribution in [0.25, 0.3) is 0 Å². The number of benzene rings is 1. The minimum absolute atomic E-state index is 0.374. The van der Waals surface area contributed by atoms with Crippen molar-refractivity contribution in [3.05, 3.63) is 45.8 Å². The van der Waals surface area contributed by atoms with Crippen LogP contribution in [0, 0.1) is 11.3 Å². The average molecular weight is 307 g/mol. The molecule has 0 saturated heterocycles. The van der Waals surface area contributed by atoms with E-state index < -0.39 is 0 Å². The van der Waals surface area contributed by atoms with Crippen LogP contribution in [0.15, 0.2) is 24.3 Å². The van der Waals surface area contributed by atoms with E-state index in [4.69, 9.17) is 28.5 Å². The van der Waals surface area contributed by atoms with Crippen LogP contribution >= 0.6 is 23.2 Å². The van der Waals surface area contributed by atoms with Gasteiger partial charge in [-0.2, -0.15) is 5.26 Å². The van der Waals surface area contributed by atoms with Gasteiger partial charge in [0.2, 0.25) is 0 Å². The summed E-state index contributed by atoms with van der Waals surface area (Å²) in [5.74, 6) is 1.24. The van der Waals surface area contributed by atoms with Crippen LogP contribution in [0.5, 0.6) is 0 Å². The highest BCUT2D eigenvalue weighted by atomic mass is 35.5. The number of nitriles is 1. The van der Waals surface area contributed by atoms with Crippen molar-refractivity contribution in [2.24, 2.45) is 0 Å². The Kier molecular flexibility index (Phi) is 4.78. The molecule has 0 spiro atoms. The van der Waals surface area contributed by atoms with E-state index in [1.807, 2.05) is 6.92 Å². The summed E-state index contributed by atoms with van der Waals surface area (Å²) in [7, 11) is 0. The molecule has 0 aliphatic rings. The zero-order chi connectivity index (χ0) is 14.5. The number of aromatic nitrogens is 2. The maximum atomic E-state index is 8.91.